The number of rotatable bonds is 7. The molecule has 1 aromatic heterocycles. The van der Waals surface area contributed by atoms with E-state index in [1.54, 1.807) is 6.20 Å². The normalized spacial score (nSPS) is 10.5. The topological polar surface area (TPSA) is 58.1 Å². The van der Waals surface area contributed by atoms with Crippen molar-refractivity contribution in [2.24, 2.45) is 0 Å². The molecule has 2 aromatic rings. The van der Waals surface area contributed by atoms with Crippen molar-refractivity contribution in [2.45, 2.75) is 33.6 Å². The molecule has 6 heteroatoms. The van der Waals surface area contributed by atoms with Crippen molar-refractivity contribution in [3.63, 3.8) is 0 Å². The summed E-state index contributed by atoms with van der Waals surface area (Å²) in [5.74, 6) is 0.506. The molecule has 0 radical (unpaired) electrons. The number of nitrogens with zero attached hydrogens (tertiary/aromatic N) is 3. The second-order valence-corrected chi connectivity index (χ2v) is 6.02. The van der Waals surface area contributed by atoms with Gasteiger partial charge in [0, 0.05) is 23.8 Å². The van der Waals surface area contributed by atoms with Crippen LogP contribution in [0.15, 0.2) is 30.6 Å². The SMILES string of the molecule is CCCN(CCC)C(=O)c1cnc(Nc2cccc(Cl)c2C)cn1. The third kappa shape index (κ3) is 4.45. The summed E-state index contributed by atoms with van der Waals surface area (Å²) in [6.07, 6.45) is 4.94. The van der Waals surface area contributed by atoms with Crippen molar-refractivity contribution in [3.05, 3.63) is 46.9 Å². The van der Waals surface area contributed by atoms with Crippen LogP contribution in [0.3, 0.4) is 0 Å². The van der Waals surface area contributed by atoms with Crippen LogP contribution in [-0.4, -0.2) is 33.9 Å². The molecule has 0 spiro atoms. The number of aromatic nitrogens is 2. The molecule has 2 rings (SSSR count). The summed E-state index contributed by atoms with van der Waals surface area (Å²) in [5.41, 5.74) is 2.18. The lowest BCUT2D eigenvalue weighted by atomic mass is 10.2. The lowest BCUT2D eigenvalue weighted by Gasteiger charge is -2.20. The van der Waals surface area contributed by atoms with Crippen molar-refractivity contribution in [1.29, 1.82) is 0 Å². The Hall–Kier alpha value is -2.14. The number of hydrogen-bond acceptors (Lipinski definition) is 4. The van der Waals surface area contributed by atoms with E-state index in [-0.39, 0.29) is 5.91 Å². The fourth-order valence-electron chi connectivity index (χ4n) is 2.40. The molecule has 0 atom stereocenters. The Morgan fingerprint density at radius 2 is 1.88 bits per heavy atom. The highest BCUT2D eigenvalue weighted by Crippen LogP contribution is 2.25. The van der Waals surface area contributed by atoms with Gasteiger partial charge in [-0.25, -0.2) is 9.97 Å². The first-order chi connectivity index (χ1) is 11.6. The number of amides is 1. The van der Waals surface area contributed by atoms with Crippen molar-refractivity contribution in [3.8, 4) is 0 Å². The molecule has 1 heterocycles. The Morgan fingerprint density at radius 3 is 2.46 bits per heavy atom. The van der Waals surface area contributed by atoms with Crippen molar-refractivity contribution in [1.82, 2.24) is 14.9 Å². The van der Waals surface area contributed by atoms with Crippen LogP contribution < -0.4 is 5.32 Å². The maximum Gasteiger partial charge on any atom is 0.274 e. The van der Waals surface area contributed by atoms with Crippen molar-refractivity contribution < 1.29 is 4.79 Å². The van der Waals surface area contributed by atoms with Gasteiger partial charge in [-0.05, 0) is 37.5 Å². The summed E-state index contributed by atoms with van der Waals surface area (Å²) in [5, 5.41) is 3.87. The average molecular weight is 347 g/mol. The summed E-state index contributed by atoms with van der Waals surface area (Å²) in [6.45, 7) is 7.51. The molecule has 5 nitrogen and oxygen atoms in total. The molecule has 0 saturated heterocycles. The van der Waals surface area contributed by atoms with Crippen LogP contribution in [-0.2, 0) is 0 Å². The third-order valence-corrected chi connectivity index (χ3v) is 4.09. The second-order valence-electron chi connectivity index (χ2n) is 5.62. The van der Waals surface area contributed by atoms with Crippen molar-refractivity contribution >= 4 is 29.0 Å². The number of benzene rings is 1. The molecule has 0 bridgehead atoms. The van der Waals surface area contributed by atoms with Gasteiger partial charge >= 0.3 is 0 Å². The van der Waals surface area contributed by atoms with Crippen LogP contribution >= 0.6 is 11.6 Å². The highest BCUT2D eigenvalue weighted by molar-refractivity contribution is 6.31. The van der Waals surface area contributed by atoms with Crippen LogP contribution in [0.2, 0.25) is 5.02 Å². The van der Waals surface area contributed by atoms with Crippen LogP contribution in [0.4, 0.5) is 11.5 Å². The van der Waals surface area contributed by atoms with E-state index in [2.05, 4.69) is 29.1 Å². The highest BCUT2D eigenvalue weighted by atomic mass is 35.5. The molecule has 1 amide bonds. The lowest BCUT2D eigenvalue weighted by Crippen LogP contribution is -2.33. The lowest BCUT2D eigenvalue weighted by molar-refractivity contribution is 0.0749. The number of carbonyl (C=O) groups excluding carboxylic acids is 1. The Balaban J connectivity index is 2.12. The first-order valence-corrected chi connectivity index (χ1v) is 8.58. The van der Waals surface area contributed by atoms with Gasteiger partial charge in [-0.1, -0.05) is 31.5 Å². The minimum Gasteiger partial charge on any atom is -0.339 e. The number of carbonyl (C=O) groups is 1. The molecule has 0 aliphatic heterocycles. The standard InChI is InChI=1S/C18H23ClN4O/c1-4-9-23(10-5-2)18(24)16-11-21-17(12-20-16)22-15-8-6-7-14(19)13(15)3/h6-8,11-12H,4-5,9-10H2,1-3H3,(H,21,22). The van der Waals surface area contributed by atoms with Gasteiger partial charge in [0.25, 0.3) is 5.91 Å². The predicted molar refractivity (Wildman–Crippen MR) is 98.0 cm³/mol. The fourth-order valence-corrected chi connectivity index (χ4v) is 2.58. The Kier molecular flexibility index (Phi) is 6.55. The molecule has 0 aliphatic carbocycles. The molecule has 128 valence electrons. The number of halogens is 1. The van der Waals surface area contributed by atoms with E-state index < -0.39 is 0 Å². The quantitative estimate of drug-likeness (QED) is 0.805. The Morgan fingerprint density at radius 1 is 1.17 bits per heavy atom. The number of nitrogens with one attached hydrogen (secondary N) is 1. The molecule has 1 aromatic carbocycles. The van der Waals surface area contributed by atoms with Gasteiger partial charge in [0.15, 0.2) is 0 Å². The Labute approximate surface area is 148 Å². The van der Waals surface area contributed by atoms with E-state index in [9.17, 15) is 4.79 Å². The smallest absolute Gasteiger partial charge is 0.274 e. The summed E-state index contributed by atoms with van der Waals surface area (Å²) in [4.78, 5) is 22.9. The Bertz CT molecular complexity index is 682. The van der Waals surface area contributed by atoms with Crippen molar-refractivity contribution in [2.75, 3.05) is 18.4 Å². The zero-order valence-corrected chi connectivity index (χ0v) is 15.1. The molecular weight excluding hydrogens is 324 g/mol. The summed E-state index contributed by atoms with van der Waals surface area (Å²) in [6, 6.07) is 5.63. The van der Waals surface area contributed by atoms with E-state index >= 15 is 0 Å². The van der Waals surface area contributed by atoms with Gasteiger partial charge in [0.2, 0.25) is 0 Å². The fraction of sp³-hybridized carbons (Fsp3) is 0.389. The minimum absolute atomic E-state index is 0.0725. The van der Waals surface area contributed by atoms with Gasteiger partial charge in [0.05, 0.1) is 12.4 Å². The van der Waals surface area contributed by atoms with E-state index in [1.807, 2.05) is 30.0 Å². The van der Waals surface area contributed by atoms with Gasteiger partial charge in [-0.15, -0.1) is 0 Å². The van der Waals surface area contributed by atoms with Gasteiger partial charge < -0.3 is 10.2 Å². The minimum atomic E-state index is -0.0725. The second kappa shape index (κ2) is 8.64. The third-order valence-electron chi connectivity index (χ3n) is 3.68. The first-order valence-electron chi connectivity index (χ1n) is 8.20. The van der Waals surface area contributed by atoms with Crippen LogP contribution in [0, 0.1) is 6.92 Å². The largest absolute Gasteiger partial charge is 0.339 e. The van der Waals surface area contributed by atoms with E-state index in [1.165, 1.54) is 6.20 Å². The van der Waals surface area contributed by atoms with Gasteiger partial charge in [-0.2, -0.15) is 0 Å². The molecule has 0 unspecified atom stereocenters. The maximum absolute atomic E-state index is 12.5. The molecular formula is C18H23ClN4O. The molecule has 0 aliphatic rings. The molecule has 0 saturated carbocycles. The summed E-state index contributed by atoms with van der Waals surface area (Å²) < 4.78 is 0. The zero-order valence-electron chi connectivity index (χ0n) is 14.3. The van der Waals surface area contributed by atoms with E-state index in [0.717, 1.165) is 37.2 Å². The first kappa shape index (κ1) is 18.2. The maximum atomic E-state index is 12.5. The van der Waals surface area contributed by atoms with Crippen LogP contribution in [0.25, 0.3) is 0 Å². The molecule has 0 fully saturated rings. The van der Waals surface area contributed by atoms with E-state index in [0.29, 0.717) is 16.5 Å². The summed E-state index contributed by atoms with van der Waals surface area (Å²) in [7, 11) is 0. The monoisotopic (exact) mass is 346 g/mol. The van der Waals surface area contributed by atoms with Gasteiger partial charge in [0.1, 0.15) is 11.5 Å². The highest BCUT2D eigenvalue weighted by Gasteiger charge is 2.16. The number of anilines is 2. The predicted octanol–water partition coefficient (Wildman–Crippen LogP) is 4.44. The summed E-state index contributed by atoms with van der Waals surface area (Å²) >= 11 is 6.11. The van der Waals surface area contributed by atoms with E-state index in [4.69, 9.17) is 11.6 Å². The molecule has 1 N–H and O–H groups in total. The number of hydrogen-bond donors (Lipinski definition) is 1. The average Bonchev–Trinajstić information content (AvgIpc) is 2.59. The zero-order chi connectivity index (χ0) is 17.5. The molecule has 24 heavy (non-hydrogen) atoms. The van der Waals surface area contributed by atoms with Crippen LogP contribution in [0.1, 0.15) is 42.7 Å². The van der Waals surface area contributed by atoms with Crippen LogP contribution in [0.5, 0.6) is 0 Å². The van der Waals surface area contributed by atoms with Gasteiger partial charge in [-0.3, -0.25) is 4.79 Å².